The van der Waals surface area contributed by atoms with Crippen LogP contribution in [0.3, 0.4) is 0 Å². The van der Waals surface area contributed by atoms with Crippen molar-refractivity contribution in [3.05, 3.63) is 29.8 Å². The first-order chi connectivity index (χ1) is 16.0. The summed E-state index contributed by atoms with van der Waals surface area (Å²) in [6.07, 6.45) is 3.74. The molecule has 1 atom stereocenters. The normalized spacial score (nSPS) is 21.5. The van der Waals surface area contributed by atoms with Crippen molar-refractivity contribution < 1.29 is 18.0 Å². The van der Waals surface area contributed by atoms with Gasteiger partial charge in [0.2, 0.25) is 21.8 Å². The molecule has 0 radical (unpaired) electrons. The zero-order chi connectivity index (χ0) is 25.1. The molecular formula is C25H40N4O4S. The van der Waals surface area contributed by atoms with Crippen molar-refractivity contribution in [2.45, 2.75) is 75.9 Å². The van der Waals surface area contributed by atoms with Gasteiger partial charge in [-0.3, -0.25) is 14.5 Å². The van der Waals surface area contributed by atoms with Crippen molar-refractivity contribution in [3.8, 4) is 0 Å². The summed E-state index contributed by atoms with van der Waals surface area (Å²) >= 11 is 0. The van der Waals surface area contributed by atoms with Crippen LogP contribution in [0.5, 0.6) is 0 Å². The van der Waals surface area contributed by atoms with Gasteiger partial charge in [0, 0.05) is 40.3 Å². The fourth-order valence-corrected chi connectivity index (χ4v) is 5.86. The highest BCUT2D eigenvalue weighted by atomic mass is 32.2. The number of hydrogen-bond donors (Lipinski definition) is 1. The van der Waals surface area contributed by atoms with Gasteiger partial charge in [-0.2, -0.15) is 0 Å². The van der Waals surface area contributed by atoms with E-state index in [-0.39, 0.29) is 16.7 Å². The largest absolute Gasteiger partial charge is 0.342 e. The van der Waals surface area contributed by atoms with Gasteiger partial charge in [-0.05, 0) is 49.3 Å². The van der Waals surface area contributed by atoms with Gasteiger partial charge in [0.15, 0.2) is 0 Å². The Labute approximate surface area is 204 Å². The van der Waals surface area contributed by atoms with Crippen LogP contribution in [0.1, 0.15) is 58.4 Å². The number of carbonyl (C=O) groups is 2. The van der Waals surface area contributed by atoms with E-state index in [9.17, 15) is 18.0 Å². The monoisotopic (exact) mass is 492 g/mol. The van der Waals surface area contributed by atoms with E-state index < -0.39 is 21.6 Å². The SMILES string of the molecule is CCCCN1C(=O)C(CC(C)C)NC(=O)C12CCN(Cc1ccc(S(=O)(=O)N(C)C)cc1)CC2. The lowest BCUT2D eigenvalue weighted by Gasteiger charge is -2.52. The summed E-state index contributed by atoms with van der Waals surface area (Å²) in [5.41, 5.74) is 0.262. The molecule has 0 aliphatic carbocycles. The highest BCUT2D eigenvalue weighted by Gasteiger charge is 2.53. The minimum atomic E-state index is -3.45. The third-order valence-electron chi connectivity index (χ3n) is 7.04. The maximum absolute atomic E-state index is 13.4. The van der Waals surface area contributed by atoms with Gasteiger partial charge in [-0.25, -0.2) is 12.7 Å². The Hall–Kier alpha value is -1.97. The van der Waals surface area contributed by atoms with E-state index in [4.69, 9.17) is 0 Å². The van der Waals surface area contributed by atoms with Crippen LogP contribution in [0.4, 0.5) is 0 Å². The van der Waals surface area contributed by atoms with Gasteiger partial charge in [0.05, 0.1) is 4.90 Å². The Morgan fingerprint density at radius 3 is 2.26 bits per heavy atom. The van der Waals surface area contributed by atoms with Gasteiger partial charge in [0.1, 0.15) is 11.6 Å². The van der Waals surface area contributed by atoms with Crippen molar-refractivity contribution >= 4 is 21.8 Å². The van der Waals surface area contributed by atoms with Crippen LogP contribution >= 0.6 is 0 Å². The predicted octanol–water partition coefficient (Wildman–Crippen LogP) is 2.44. The second-order valence-corrected chi connectivity index (χ2v) is 12.4. The van der Waals surface area contributed by atoms with Crippen LogP contribution in [0.15, 0.2) is 29.2 Å². The predicted molar refractivity (Wildman–Crippen MR) is 133 cm³/mol. The summed E-state index contributed by atoms with van der Waals surface area (Å²) in [6.45, 7) is 8.95. The van der Waals surface area contributed by atoms with E-state index in [1.54, 1.807) is 12.1 Å². The first-order valence-corrected chi connectivity index (χ1v) is 13.8. The highest BCUT2D eigenvalue weighted by Crippen LogP contribution is 2.34. The van der Waals surface area contributed by atoms with Gasteiger partial charge in [0.25, 0.3) is 0 Å². The number of rotatable bonds is 9. The summed E-state index contributed by atoms with van der Waals surface area (Å²) < 4.78 is 25.8. The number of sulfonamides is 1. The zero-order valence-corrected chi connectivity index (χ0v) is 22.0. The smallest absolute Gasteiger partial charge is 0.246 e. The number of carbonyl (C=O) groups excluding carboxylic acids is 2. The second-order valence-electron chi connectivity index (χ2n) is 10.2. The number of hydrogen-bond acceptors (Lipinski definition) is 5. The van der Waals surface area contributed by atoms with E-state index in [0.29, 0.717) is 51.4 Å². The molecule has 2 aliphatic heterocycles. The molecule has 9 heteroatoms. The van der Waals surface area contributed by atoms with Crippen LogP contribution in [-0.2, 0) is 26.2 Å². The Balaban J connectivity index is 1.69. The number of piperazine rings is 1. The number of amides is 2. The lowest BCUT2D eigenvalue weighted by atomic mass is 9.80. The van der Waals surface area contributed by atoms with Crippen LogP contribution in [0.25, 0.3) is 0 Å². The zero-order valence-electron chi connectivity index (χ0n) is 21.2. The van der Waals surface area contributed by atoms with Gasteiger partial charge >= 0.3 is 0 Å². The maximum atomic E-state index is 13.4. The fourth-order valence-electron chi connectivity index (χ4n) is 4.96. The summed E-state index contributed by atoms with van der Waals surface area (Å²) in [4.78, 5) is 31.2. The molecule has 2 fully saturated rings. The Bertz CT molecular complexity index is 967. The van der Waals surface area contributed by atoms with E-state index in [1.165, 1.54) is 18.4 Å². The average molecular weight is 493 g/mol. The quantitative estimate of drug-likeness (QED) is 0.572. The molecule has 8 nitrogen and oxygen atoms in total. The Morgan fingerprint density at radius 1 is 1.12 bits per heavy atom. The fraction of sp³-hybridized carbons (Fsp3) is 0.680. The van der Waals surface area contributed by atoms with Gasteiger partial charge < -0.3 is 10.2 Å². The molecule has 34 heavy (non-hydrogen) atoms. The third-order valence-corrected chi connectivity index (χ3v) is 8.87. The molecule has 1 unspecified atom stereocenters. The Kier molecular flexibility index (Phi) is 8.42. The molecule has 0 aromatic heterocycles. The number of nitrogens with zero attached hydrogens (tertiary/aromatic N) is 3. The summed E-state index contributed by atoms with van der Waals surface area (Å²) in [5, 5.41) is 3.05. The van der Waals surface area contributed by atoms with Crippen LogP contribution < -0.4 is 5.32 Å². The van der Waals surface area contributed by atoms with E-state index in [1.807, 2.05) is 17.0 Å². The second kappa shape index (κ2) is 10.7. The molecular weight excluding hydrogens is 452 g/mol. The standard InChI is InChI=1S/C25H40N4O4S/c1-6-7-14-29-23(30)22(17-19(2)3)26-24(31)25(29)12-15-28(16-13-25)18-20-8-10-21(11-9-20)34(32,33)27(4)5/h8-11,19,22H,6-7,12-18H2,1-5H3,(H,26,31). The summed E-state index contributed by atoms with van der Waals surface area (Å²) in [5.74, 6) is 0.386. The highest BCUT2D eigenvalue weighted by molar-refractivity contribution is 7.89. The molecule has 2 amide bonds. The molecule has 1 aromatic rings. The summed E-state index contributed by atoms with van der Waals surface area (Å²) in [6, 6.07) is 6.56. The van der Waals surface area contributed by atoms with Gasteiger partial charge in [-0.1, -0.05) is 39.3 Å². The number of likely N-dealkylation sites (tertiary alicyclic amines) is 1. The van der Waals surface area contributed by atoms with Crippen LogP contribution in [0.2, 0.25) is 0 Å². The van der Waals surface area contributed by atoms with Crippen molar-refractivity contribution in [1.29, 1.82) is 0 Å². The van der Waals surface area contributed by atoms with Crippen molar-refractivity contribution in [2.24, 2.45) is 5.92 Å². The molecule has 0 saturated carbocycles. The Morgan fingerprint density at radius 2 is 1.74 bits per heavy atom. The summed E-state index contributed by atoms with van der Waals surface area (Å²) in [7, 11) is -0.402. The van der Waals surface area contributed by atoms with Crippen molar-refractivity contribution in [2.75, 3.05) is 33.7 Å². The molecule has 3 rings (SSSR count). The van der Waals surface area contributed by atoms with E-state index >= 15 is 0 Å². The first-order valence-electron chi connectivity index (χ1n) is 12.4. The molecule has 190 valence electrons. The molecule has 1 spiro atoms. The van der Waals surface area contributed by atoms with Crippen LogP contribution in [0, 0.1) is 5.92 Å². The maximum Gasteiger partial charge on any atom is 0.246 e. The molecule has 2 heterocycles. The number of nitrogens with one attached hydrogen (secondary N) is 1. The average Bonchev–Trinajstić information content (AvgIpc) is 2.79. The molecule has 1 aromatic carbocycles. The first kappa shape index (κ1) is 26.6. The molecule has 0 bridgehead atoms. The topological polar surface area (TPSA) is 90.0 Å². The molecule has 1 N–H and O–H groups in total. The molecule has 2 aliphatic rings. The number of piperidine rings is 1. The van der Waals surface area contributed by atoms with Crippen molar-refractivity contribution in [1.82, 2.24) is 19.4 Å². The number of benzene rings is 1. The lowest BCUT2D eigenvalue weighted by molar-refractivity contribution is -0.161. The minimum absolute atomic E-state index is 0.00764. The third kappa shape index (κ3) is 5.47. The van der Waals surface area contributed by atoms with E-state index in [0.717, 1.165) is 18.4 Å². The van der Waals surface area contributed by atoms with Crippen LogP contribution in [-0.4, -0.2) is 79.6 Å². The van der Waals surface area contributed by atoms with Crippen molar-refractivity contribution in [3.63, 3.8) is 0 Å². The van der Waals surface area contributed by atoms with E-state index in [2.05, 4.69) is 31.0 Å². The number of unbranched alkanes of at least 4 members (excludes halogenated alkanes) is 1. The van der Waals surface area contributed by atoms with Gasteiger partial charge in [-0.15, -0.1) is 0 Å². The minimum Gasteiger partial charge on any atom is -0.342 e. The molecule has 2 saturated heterocycles. The lowest BCUT2D eigenvalue weighted by Crippen LogP contribution is -2.73.